The van der Waals surface area contributed by atoms with Crippen LogP contribution in [0.2, 0.25) is 5.02 Å². The van der Waals surface area contributed by atoms with Crippen molar-refractivity contribution in [1.82, 2.24) is 10.2 Å². The molecule has 0 aliphatic rings. The highest BCUT2D eigenvalue weighted by Crippen LogP contribution is 2.20. The Morgan fingerprint density at radius 2 is 1.69 bits per heavy atom. The molecule has 0 unspecified atom stereocenters. The van der Waals surface area contributed by atoms with Crippen LogP contribution in [0, 0.1) is 5.82 Å². The Hall–Kier alpha value is -2.83. The number of nitrogens with zero attached hydrogens (tertiary/aromatic N) is 1. The summed E-state index contributed by atoms with van der Waals surface area (Å²) in [4.78, 5) is 28.4. The van der Waals surface area contributed by atoms with Crippen molar-refractivity contribution in [2.75, 3.05) is 12.3 Å². The molecule has 0 saturated heterocycles. The summed E-state index contributed by atoms with van der Waals surface area (Å²) in [6.07, 6.45) is 1.21. The Kier molecular flexibility index (Phi) is 10.6. The quantitative estimate of drug-likeness (QED) is 0.330. The van der Waals surface area contributed by atoms with Crippen molar-refractivity contribution in [2.24, 2.45) is 0 Å². The Labute approximate surface area is 215 Å². The van der Waals surface area contributed by atoms with Gasteiger partial charge in [0.1, 0.15) is 11.9 Å². The smallest absolute Gasteiger partial charge is 0.243 e. The number of rotatable bonds is 12. The number of carbonyl (C=O) groups excluding carboxylic acids is 2. The SMILES string of the molecule is CCCNC(=O)[C@H](Cc1ccccc1)N(Cc1cccc(Cl)c1)C(=O)CSCc1ccc(F)cc1. The molecule has 0 bridgehead atoms. The lowest BCUT2D eigenvalue weighted by molar-refractivity contribution is -0.139. The molecular formula is C28H30ClFN2O2S. The van der Waals surface area contributed by atoms with E-state index in [1.165, 1.54) is 23.9 Å². The standard InChI is InChI=1S/C28H30ClFN2O2S/c1-2-15-31-28(34)26(17-21-7-4-3-5-8-21)32(18-23-9-6-10-24(29)16-23)27(33)20-35-19-22-11-13-25(30)14-12-22/h3-14,16,26H,2,15,17-20H2,1H3,(H,31,34)/t26-/m0/s1. The maximum Gasteiger partial charge on any atom is 0.243 e. The lowest BCUT2D eigenvalue weighted by Crippen LogP contribution is -2.51. The van der Waals surface area contributed by atoms with Crippen molar-refractivity contribution in [3.8, 4) is 0 Å². The fourth-order valence-corrected chi connectivity index (χ4v) is 4.76. The summed E-state index contributed by atoms with van der Waals surface area (Å²) >= 11 is 7.64. The maximum atomic E-state index is 13.5. The second-order valence-electron chi connectivity index (χ2n) is 8.27. The van der Waals surface area contributed by atoms with Crippen molar-refractivity contribution in [2.45, 2.75) is 38.1 Å². The predicted molar refractivity (Wildman–Crippen MR) is 142 cm³/mol. The van der Waals surface area contributed by atoms with Gasteiger partial charge >= 0.3 is 0 Å². The topological polar surface area (TPSA) is 49.4 Å². The van der Waals surface area contributed by atoms with Gasteiger partial charge in [-0.1, -0.05) is 73.1 Å². The van der Waals surface area contributed by atoms with Crippen molar-refractivity contribution >= 4 is 35.2 Å². The molecule has 0 spiro atoms. The van der Waals surface area contributed by atoms with E-state index in [4.69, 9.17) is 11.6 Å². The number of nitrogens with one attached hydrogen (secondary N) is 1. The lowest BCUT2D eigenvalue weighted by Gasteiger charge is -2.31. The molecule has 184 valence electrons. The molecule has 0 fully saturated rings. The Morgan fingerprint density at radius 3 is 2.37 bits per heavy atom. The normalized spacial score (nSPS) is 11.6. The van der Waals surface area contributed by atoms with Crippen molar-refractivity contribution in [3.63, 3.8) is 0 Å². The first-order chi connectivity index (χ1) is 17.0. The van der Waals surface area contributed by atoms with Gasteiger partial charge in [0.2, 0.25) is 11.8 Å². The number of carbonyl (C=O) groups is 2. The fraction of sp³-hybridized carbons (Fsp3) is 0.286. The van der Waals surface area contributed by atoms with Gasteiger partial charge in [0, 0.05) is 30.3 Å². The number of benzene rings is 3. The summed E-state index contributed by atoms with van der Waals surface area (Å²) in [7, 11) is 0. The van der Waals surface area contributed by atoms with Crippen molar-refractivity contribution in [1.29, 1.82) is 0 Å². The predicted octanol–water partition coefficient (Wildman–Crippen LogP) is 5.88. The second kappa shape index (κ2) is 13.9. The minimum atomic E-state index is -0.665. The average molecular weight is 513 g/mol. The number of thioether (sulfide) groups is 1. The van der Waals surface area contributed by atoms with E-state index in [9.17, 15) is 14.0 Å². The van der Waals surface area contributed by atoms with E-state index < -0.39 is 6.04 Å². The van der Waals surface area contributed by atoms with Crippen LogP contribution in [0.1, 0.15) is 30.0 Å². The van der Waals surface area contributed by atoms with Gasteiger partial charge < -0.3 is 10.2 Å². The lowest BCUT2D eigenvalue weighted by atomic mass is 10.0. The molecule has 1 atom stereocenters. The van der Waals surface area contributed by atoms with Gasteiger partial charge in [0.15, 0.2) is 0 Å². The monoisotopic (exact) mass is 512 g/mol. The average Bonchev–Trinajstić information content (AvgIpc) is 2.86. The van der Waals surface area contributed by atoms with Gasteiger partial charge in [-0.05, 0) is 47.4 Å². The largest absolute Gasteiger partial charge is 0.354 e. The molecule has 0 aromatic heterocycles. The van der Waals surface area contributed by atoms with Crippen LogP contribution in [0.15, 0.2) is 78.9 Å². The number of hydrogen-bond acceptors (Lipinski definition) is 3. The fourth-order valence-electron chi connectivity index (χ4n) is 3.67. The van der Waals surface area contributed by atoms with E-state index in [2.05, 4.69) is 5.32 Å². The molecule has 35 heavy (non-hydrogen) atoms. The van der Waals surface area contributed by atoms with Crippen LogP contribution in [-0.2, 0) is 28.3 Å². The van der Waals surface area contributed by atoms with Crippen LogP contribution in [0.3, 0.4) is 0 Å². The molecule has 3 aromatic rings. The third-order valence-electron chi connectivity index (χ3n) is 5.47. The highest BCUT2D eigenvalue weighted by atomic mass is 35.5. The minimum absolute atomic E-state index is 0.135. The van der Waals surface area contributed by atoms with Gasteiger partial charge in [-0.25, -0.2) is 4.39 Å². The molecule has 1 N–H and O–H groups in total. The second-order valence-corrected chi connectivity index (χ2v) is 9.69. The molecule has 2 amide bonds. The van der Waals surface area contributed by atoms with Gasteiger partial charge in [0.05, 0.1) is 5.75 Å². The molecule has 0 saturated carbocycles. The van der Waals surface area contributed by atoms with E-state index in [0.29, 0.717) is 23.7 Å². The number of hydrogen-bond donors (Lipinski definition) is 1. The zero-order valence-electron chi connectivity index (χ0n) is 19.8. The molecule has 7 heteroatoms. The molecule has 4 nitrogen and oxygen atoms in total. The molecule has 0 aliphatic heterocycles. The van der Waals surface area contributed by atoms with E-state index in [1.807, 2.05) is 55.5 Å². The van der Waals surface area contributed by atoms with Crippen LogP contribution in [-0.4, -0.2) is 35.1 Å². The van der Waals surface area contributed by atoms with E-state index in [0.717, 1.165) is 23.1 Å². The minimum Gasteiger partial charge on any atom is -0.354 e. The first-order valence-corrected chi connectivity index (χ1v) is 13.2. The number of halogens is 2. The molecule has 3 aromatic carbocycles. The van der Waals surface area contributed by atoms with Crippen molar-refractivity contribution < 1.29 is 14.0 Å². The highest BCUT2D eigenvalue weighted by Gasteiger charge is 2.30. The number of amides is 2. The van der Waals surface area contributed by atoms with Gasteiger partial charge in [-0.3, -0.25) is 9.59 Å². The van der Waals surface area contributed by atoms with Crippen LogP contribution in [0.25, 0.3) is 0 Å². The van der Waals surface area contributed by atoms with Crippen LogP contribution in [0.5, 0.6) is 0 Å². The molecule has 0 aliphatic carbocycles. The third-order valence-corrected chi connectivity index (χ3v) is 6.69. The van der Waals surface area contributed by atoms with Crippen LogP contribution >= 0.6 is 23.4 Å². The zero-order valence-corrected chi connectivity index (χ0v) is 21.3. The molecule has 0 heterocycles. The Bertz CT molecular complexity index is 1100. The zero-order chi connectivity index (χ0) is 25.0. The molecule has 3 rings (SSSR count). The third kappa shape index (κ3) is 8.71. The van der Waals surface area contributed by atoms with Gasteiger partial charge in [-0.15, -0.1) is 11.8 Å². The molecular weight excluding hydrogens is 483 g/mol. The Balaban J connectivity index is 1.82. The molecule has 0 radical (unpaired) electrons. The Morgan fingerprint density at radius 1 is 0.971 bits per heavy atom. The van der Waals surface area contributed by atoms with Gasteiger partial charge in [0.25, 0.3) is 0 Å². The van der Waals surface area contributed by atoms with Crippen LogP contribution < -0.4 is 5.32 Å². The first kappa shape index (κ1) is 26.8. The summed E-state index contributed by atoms with van der Waals surface area (Å²) in [5, 5.41) is 3.55. The highest BCUT2D eigenvalue weighted by molar-refractivity contribution is 7.99. The first-order valence-electron chi connectivity index (χ1n) is 11.6. The van der Waals surface area contributed by atoms with E-state index >= 15 is 0 Å². The summed E-state index contributed by atoms with van der Waals surface area (Å²) in [5.41, 5.74) is 2.77. The van der Waals surface area contributed by atoms with E-state index in [1.54, 1.807) is 23.1 Å². The summed E-state index contributed by atoms with van der Waals surface area (Å²) < 4.78 is 13.2. The van der Waals surface area contributed by atoms with Crippen LogP contribution in [0.4, 0.5) is 4.39 Å². The summed E-state index contributed by atoms with van der Waals surface area (Å²) in [5.74, 6) is 0.177. The van der Waals surface area contributed by atoms with Gasteiger partial charge in [-0.2, -0.15) is 0 Å². The van der Waals surface area contributed by atoms with Crippen molar-refractivity contribution in [3.05, 3.63) is 106 Å². The summed E-state index contributed by atoms with van der Waals surface area (Å²) in [6, 6.07) is 22.6. The summed E-state index contributed by atoms with van der Waals surface area (Å²) in [6.45, 7) is 2.81. The van der Waals surface area contributed by atoms with E-state index in [-0.39, 0.29) is 29.9 Å². The maximum absolute atomic E-state index is 13.5.